The maximum Gasteiger partial charge on any atom is 0.224 e. The first-order valence-electron chi connectivity index (χ1n) is 6.46. The molecule has 0 aliphatic rings. The zero-order valence-corrected chi connectivity index (χ0v) is 12.3. The van der Waals surface area contributed by atoms with E-state index in [0.717, 1.165) is 11.3 Å². The van der Waals surface area contributed by atoms with Crippen molar-refractivity contribution in [2.24, 2.45) is 0 Å². The summed E-state index contributed by atoms with van der Waals surface area (Å²) in [6, 6.07) is 11.4. The van der Waals surface area contributed by atoms with Gasteiger partial charge >= 0.3 is 0 Å². The van der Waals surface area contributed by atoms with Gasteiger partial charge in [0.1, 0.15) is 11.6 Å². The number of methoxy groups -OCH3 is 1. The summed E-state index contributed by atoms with van der Waals surface area (Å²) in [4.78, 5) is 11.9. The number of carbonyl (C=O) groups excluding carboxylic acids is 1. The lowest BCUT2D eigenvalue weighted by atomic mass is 10.1. The van der Waals surface area contributed by atoms with Crippen LogP contribution in [0.3, 0.4) is 0 Å². The van der Waals surface area contributed by atoms with Crippen LogP contribution in [0.15, 0.2) is 42.5 Å². The monoisotopic (exact) mass is 307 g/mol. The van der Waals surface area contributed by atoms with Gasteiger partial charge in [-0.3, -0.25) is 4.79 Å². The number of hydrogen-bond donors (Lipinski definition) is 1. The lowest BCUT2D eigenvalue weighted by Gasteiger charge is -2.07. The van der Waals surface area contributed by atoms with Crippen LogP contribution in [0.4, 0.5) is 10.1 Å². The lowest BCUT2D eigenvalue weighted by molar-refractivity contribution is -0.116. The summed E-state index contributed by atoms with van der Waals surface area (Å²) in [6.45, 7) is 0. The predicted octanol–water partition coefficient (Wildman–Crippen LogP) is 4.06. The number of ether oxygens (including phenoxy) is 1. The number of hydrogen-bond acceptors (Lipinski definition) is 2. The molecule has 21 heavy (non-hydrogen) atoms. The van der Waals surface area contributed by atoms with E-state index in [-0.39, 0.29) is 10.9 Å². The average molecular weight is 308 g/mol. The quantitative estimate of drug-likeness (QED) is 0.904. The first kappa shape index (κ1) is 15.3. The molecule has 0 unspecified atom stereocenters. The molecule has 1 amide bonds. The highest BCUT2D eigenvalue weighted by atomic mass is 35.5. The van der Waals surface area contributed by atoms with Gasteiger partial charge in [0.15, 0.2) is 0 Å². The average Bonchev–Trinajstić information content (AvgIpc) is 2.48. The Balaban J connectivity index is 1.89. The van der Waals surface area contributed by atoms with Crippen LogP contribution in [0.1, 0.15) is 12.0 Å². The van der Waals surface area contributed by atoms with Crippen LogP contribution in [0.2, 0.25) is 5.02 Å². The molecule has 2 aromatic carbocycles. The van der Waals surface area contributed by atoms with Gasteiger partial charge in [0, 0.05) is 6.42 Å². The molecule has 0 aliphatic carbocycles. The fraction of sp³-hybridized carbons (Fsp3) is 0.188. The number of carbonyl (C=O) groups is 1. The van der Waals surface area contributed by atoms with Gasteiger partial charge in [0.25, 0.3) is 0 Å². The van der Waals surface area contributed by atoms with Crippen molar-refractivity contribution in [3.05, 3.63) is 58.9 Å². The highest BCUT2D eigenvalue weighted by Crippen LogP contribution is 2.22. The van der Waals surface area contributed by atoms with Crippen molar-refractivity contribution >= 4 is 23.2 Å². The molecule has 0 aromatic heterocycles. The second kappa shape index (κ2) is 7.09. The summed E-state index contributed by atoms with van der Waals surface area (Å²) in [5.74, 6) is 0.178. The zero-order chi connectivity index (χ0) is 15.2. The van der Waals surface area contributed by atoms with Crippen molar-refractivity contribution in [1.82, 2.24) is 0 Å². The second-order valence-corrected chi connectivity index (χ2v) is 4.93. The highest BCUT2D eigenvalue weighted by Gasteiger charge is 2.07. The summed E-state index contributed by atoms with van der Waals surface area (Å²) in [6.07, 6.45) is 0.925. The molecule has 0 aliphatic heterocycles. The van der Waals surface area contributed by atoms with Gasteiger partial charge in [-0.05, 0) is 42.3 Å². The van der Waals surface area contributed by atoms with Crippen molar-refractivity contribution in [3.63, 3.8) is 0 Å². The third kappa shape index (κ3) is 4.46. The molecule has 0 bridgehead atoms. The zero-order valence-electron chi connectivity index (χ0n) is 11.5. The predicted molar refractivity (Wildman–Crippen MR) is 81.4 cm³/mol. The molecule has 0 heterocycles. The Labute approximate surface area is 127 Å². The van der Waals surface area contributed by atoms with Gasteiger partial charge in [0.2, 0.25) is 5.91 Å². The second-order valence-electron chi connectivity index (χ2n) is 4.52. The lowest BCUT2D eigenvalue weighted by Crippen LogP contribution is -2.12. The normalized spacial score (nSPS) is 10.2. The van der Waals surface area contributed by atoms with Crippen LogP contribution in [-0.2, 0) is 11.2 Å². The first-order valence-corrected chi connectivity index (χ1v) is 6.84. The van der Waals surface area contributed by atoms with Gasteiger partial charge in [-0.25, -0.2) is 4.39 Å². The van der Waals surface area contributed by atoms with E-state index in [4.69, 9.17) is 16.3 Å². The minimum atomic E-state index is -0.434. The molecule has 2 aromatic rings. The van der Waals surface area contributed by atoms with E-state index in [1.54, 1.807) is 7.11 Å². The standard InChI is InChI=1S/C16H15ClFNO2/c1-21-13-6-2-11(3-7-13)4-9-16(20)19-15-8-5-12(18)10-14(15)17/h2-3,5-8,10H,4,9H2,1H3,(H,19,20). The van der Waals surface area contributed by atoms with E-state index in [1.165, 1.54) is 18.2 Å². The number of anilines is 1. The van der Waals surface area contributed by atoms with Crippen LogP contribution in [-0.4, -0.2) is 13.0 Å². The molecule has 1 N–H and O–H groups in total. The van der Waals surface area contributed by atoms with E-state index in [2.05, 4.69) is 5.32 Å². The van der Waals surface area contributed by atoms with Crippen molar-refractivity contribution in [2.75, 3.05) is 12.4 Å². The smallest absolute Gasteiger partial charge is 0.224 e. The Bertz CT molecular complexity index is 629. The summed E-state index contributed by atoms with van der Waals surface area (Å²) in [7, 11) is 1.61. The SMILES string of the molecule is COc1ccc(CCC(=O)Nc2ccc(F)cc2Cl)cc1. The molecule has 0 radical (unpaired) electrons. The maximum absolute atomic E-state index is 12.9. The van der Waals surface area contributed by atoms with E-state index in [1.807, 2.05) is 24.3 Å². The van der Waals surface area contributed by atoms with Crippen molar-refractivity contribution in [3.8, 4) is 5.75 Å². The van der Waals surface area contributed by atoms with Crippen LogP contribution in [0.25, 0.3) is 0 Å². The number of rotatable bonds is 5. The molecular formula is C16H15ClFNO2. The number of amides is 1. The molecule has 0 saturated carbocycles. The van der Waals surface area contributed by atoms with Gasteiger partial charge in [-0.15, -0.1) is 0 Å². The molecular weight excluding hydrogens is 293 g/mol. The Kier molecular flexibility index (Phi) is 5.17. The van der Waals surface area contributed by atoms with Crippen LogP contribution in [0.5, 0.6) is 5.75 Å². The number of benzene rings is 2. The number of halogens is 2. The summed E-state index contributed by atoms with van der Waals surface area (Å²) < 4.78 is 18.0. The third-order valence-corrected chi connectivity index (χ3v) is 3.32. The highest BCUT2D eigenvalue weighted by molar-refractivity contribution is 6.33. The van der Waals surface area contributed by atoms with Gasteiger partial charge < -0.3 is 10.1 Å². The molecule has 0 atom stereocenters. The maximum atomic E-state index is 12.9. The summed E-state index contributed by atoms with van der Waals surface area (Å²) in [5.41, 5.74) is 1.45. The summed E-state index contributed by atoms with van der Waals surface area (Å²) in [5, 5.41) is 2.86. The Morgan fingerprint density at radius 1 is 1.24 bits per heavy atom. The van der Waals surface area contributed by atoms with E-state index < -0.39 is 5.82 Å². The fourth-order valence-corrected chi connectivity index (χ4v) is 2.07. The topological polar surface area (TPSA) is 38.3 Å². The van der Waals surface area contributed by atoms with Crippen molar-refractivity contribution in [2.45, 2.75) is 12.8 Å². The Morgan fingerprint density at radius 3 is 2.57 bits per heavy atom. The van der Waals surface area contributed by atoms with E-state index in [0.29, 0.717) is 18.5 Å². The van der Waals surface area contributed by atoms with Crippen molar-refractivity contribution in [1.29, 1.82) is 0 Å². The Hall–Kier alpha value is -2.07. The van der Waals surface area contributed by atoms with Gasteiger partial charge in [-0.1, -0.05) is 23.7 Å². The summed E-state index contributed by atoms with van der Waals surface area (Å²) >= 11 is 5.86. The van der Waals surface area contributed by atoms with Gasteiger partial charge in [-0.2, -0.15) is 0 Å². The van der Waals surface area contributed by atoms with Gasteiger partial charge in [0.05, 0.1) is 17.8 Å². The molecule has 5 heteroatoms. The molecule has 2 rings (SSSR count). The number of aryl methyl sites for hydroxylation is 1. The molecule has 0 fully saturated rings. The van der Waals surface area contributed by atoms with Crippen LogP contribution >= 0.6 is 11.6 Å². The largest absolute Gasteiger partial charge is 0.497 e. The van der Waals surface area contributed by atoms with E-state index in [9.17, 15) is 9.18 Å². The van der Waals surface area contributed by atoms with Crippen LogP contribution in [0, 0.1) is 5.82 Å². The fourth-order valence-electron chi connectivity index (χ4n) is 1.85. The minimum absolute atomic E-state index is 0.167. The van der Waals surface area contributed by atoms with Crippen molar-refractivity contribution < 1.29 is 13.9 Å². The minimum Gasteiger partial charge on any atom is -0.497 e. The molecule has 0 spiro atoms. The Morgan fingerprint density at radius 2 is 1.95 bits per heavy atom. The van der Waals surface area contributed by atoms with E-state index >= 15 is 0 Å². The number of nitrogens with one attached hydrogen (secondary N) is 1. The first-order chi connectivity index (χ1) is 10.1. The molecule has 0 saturated heterocycles. The molecule has 3 nitrogen and oxygen atoms in total. The molecule has 110 valence electrons. The third-order valence-electron chi connectivity index (χ3n) is 3.01. The van der Waals surface area contributed by atoms with Crippen LogP contribution < -0.4 is 10.1 Å².